The molecule has 0 radical (unpaired) electrons. The summed E-state index contributed by atoms with van der Waals surface area (Å²) in [4.78, 5) is 16.3. The van der Waals surface area contributed by atoms with Crippen molar-refractivity contribution in [3.8, 4) is 67.8 Å². The summed E-state index contributed by atoms with van der Waals surface area (Å²) < 4.78 is 4.74. The molecule has 1 aliphatic rings. The van der Waals surface area contributed by atoms with E-state index in [0.29, 0.717) is 17.6 Å². The average molecular weight is 902 g/mol. The molecule has 0 atom stereocenters. The predicted molar refractivity (Wildman–Crippen MR) is 291 cm³/mol. The van der Waals surface area contributed by atoms with Gasteiger partial charge in [0.25, 0.3) is 0 Å². The second kappa shape index (κ2) is 16.1. The molecule has 1 aliphatic carbocycles. The number of aromatic nitrogens is 5. The third kappa shape index (κ3) is 6.71. The van der Waals surface area contributed by atoms with Crippen LogP contribution in [-0.2, 0) is 10.8 Å². The van der Waals surface area contributed by atoms with Crippen molar-refractivity contribution in [2.24, 2.45) is 0 Å². The highest BCUT2D eigenvalue weighted by Gasteiger charge is 2.38. The van der Waals surface area contributed by atoms with Gasteiger partial charge in [-0.3, -0.25) is 4.57 Å². The van der Waals surface area contributed by atoms with E-state index in [1.807, 2.05) is 0 Å². The number of fused-ring (bicyclic) bond motifs is 8. The summed E-state index contributed by atoms with van der Waals surface area (Å²) in [5, 5.41) is 4.61. The van der Waals surface area contributed by atoms with Crippen LogP contribution < -0.4 is 0 Å². The van der Waals surface area contributed by atoms with Crippen LogP contribution in [0.15, 0.2) is 212 Å². The summed E-state index contributed by atoms with van der Waals surface area (Å²) in [6, 6.07) is 76.3. The van der Waals surface area contributed by atoms with Gasteiger partial charge in [0.05, 0.1) is 22.1 Å². The Kier molecular flexibility index (Phi) is 9.60. The molecule has 5 nitrogen and oxygen atoms in total. The number of benzene rings is 9. The maximum Gasteiger partial charge on any atom is 0.238 e. The van der Waals surface area contributed by atoms with E-state index in [1.165, 1.54) is 34.1 Å². The van der Waals surface area contributed by atoms with Crippen LogP contribution in [-0.4, -0.2) is 24.1 Å². The number of nitrogens with zero attached hydrogens (tertiary/aromatic N) is 5. The number of para-hydroxylation sites is 2. The fraction of sp³-hybridized carbons (Fsp3) is 0.123. The second-order valence-corrected chi connectivity index (χ2v) is 20.2. The first-order valence-electron chi connectivity index (χ1n) is 24.5. The lowest BCUT2D eigenvalue weighted by Crippen LogP contribution is -2.34. The van der Waals surface area contributed by atoms with E-state index >= 15 is 0 Å². The highest BCUT2D eigenvalue weighted by atomic mass is 15.2. The number of hydrogen-bond donors (Lipinski definition) is 0. The van der Waals surface area contributed by atoms with E-state index in [9.17, 15) is 0 Å². The first-order chi connectivity index (χ1) is 34.2. The normalized spacial score (nSPS) is 14.1. The molecule has 336 valence electrons. The zero-order chi connectivity index (χ0) is 47.1. The molecule has 0 unspecified atom stereocenters. The SMILES string of the molecule is CC1(C)CCC(C)(C)c2c(-c3ccc(-n4c5ccccc5c5ccc6c7ccccc7n(-c7nc(-c8ccc(-c9ccccc9)cc8)nc(-c8ccccc8-c8ccccc8)n7)c6c54)cc3)cccc21. The smallest absolute Gasteiger partial charge is 0.238 e. The molecular formula is C65H51N5. The maximum absolute atomic E-state index is 5.52. The average Bonchev–Trinajstić information content (AvgIpc) is 3.94. The van der Waals surface area contributed by atoms with Gasteiger partial charge >= 0.3 is 0 Å². The minimum atomic E-state index is 0.0793. The minimum Gasteiger partial charge on any atom is -0.307 e. The molecule has 3 heterocycles. The molecule has 13 rings (SSSR count). The summed E-state index contributed by atoms with van der Waals surface area (Å²) in [7, 11) is 0. The van der Waals surface area contributed by atoms with Crippen molar-refractivity contribution in [2.75, 3.05) is 0 Å². The second-order valence-electron chi connectivity index (χ2n) is 20.2. The molecule has 70 heavy (non-hydrogen) atoms. The van der Waals surface area contributed by atoms with Crippen LogP contribution >= 0.6 is 0 Å². The summed E-state index contributed by atoms with van der Waals surface area (Å²) >= 11 is 0. The molecule has 0 saturated carbocycles. The zero-order valence-corrected chi connectivity index (χ0v) is 39.9. The van der Waals surface area contributed by atoms with Crippen molar-refractivity contribution in [3.63, 3.8) is 0 Å². The standard InChI is InChI=1S/C65H51N5/c1-64(2)40-41-65(3,4)58-49(26-17-27-55(58)64)45-34-36-47(37-35-45)69-56-28-15-13-23-50(56)52-38-39-53-51-24-14-16-29-57(51)70(60(53)59(52)69)63-67-61(46-32-30-43(31-33-46)42-18-7-5-8-19-42)66-62(68-63)54-25-12-11-22-48(54)44-20-9-6-10-21-44/h5-39H,40-41H2,1-4H3. The Morgan fingerprint density at radius 3 is 1.51 bits per heavy atom. The van der Waals surface area contributed by atoms with Crippen molar-refractivity contribution in [1.29, 1.82) is 0 Å². The quantitative estimate of drug-likeness (QED) is 0.160. The Hall–Kier alpha value is -8.41. The lowest BCUT2D eigenvalue weighted by Gasteiger charge is -2.43. The fourth-order valence-electron chi connectivity index (χ4n) is 11.4. The largest absolute Gasteiger partial charge is 0.307 e. The van der Waals surface area contributed by atoms with Crippen LogP contribution in [0.3, 0.4) is 0 Å². The third-order valence-electron chi connectivity index (χ3n) is 15.1. The van der Waals surface area contributed by atoms with Gasteiger partial charge in [-0.05, 0) is 92.4 Å². The summed E-state index contributed by atoms with van der Waals surface area (Å²) in [6.45, 7) is 9.65. The van der Waals surface area contributed by atoms with Crippen LogP contribution in [0.2, 0.25) is 0 Å². The van der Waals surface area contributed by atoms with Crippen LogP contribution in [0.25, 0.3) is 111 Å². The minimum absolute atomic E-state index is 0.0793. The van der Waals surface area contributed by atoms with E-state index in [4.69, 9.17) is 15.0 Å². The van der Waals surface area contributed by atoms with Crippen LogP contribution in [0.4, 0.5) is 0 Å². The first kappa shape index (κ1) is 41.8. The van der Waals surface area contributed by atoms with Crippen LogP contribution in [0.1, 0.15) is 51.7 Å². The first-order valence-corrected chi connectivity index (χ1v) is 24.5. The number of hydrogen-bond acceptors (Lipinski definition) is 3. The van der Waals surface area contributed by atoms with Gasteiger partial charge < -0.3 is 4.57 Å². The van der Waals surface area contributed by atoms with Crippen molar-refractivity contribution < 1.29 is 0 Å². The van der Waals surface area contributed by atoms with E-state index in [1.54, 1.807) is 0 Å². The Morgan fingerprint density at radius 1 is 0.343 bits per heavy atom. The lowest BCUT2D eigenvalue weighted by molar-refractivity contribution is 0.333. The summed E-state index contributed by atoms with van der Waals surface area (Å²) in [5.74, 6) is 1.77. The fourth-order valence-corrected chi connectivity index (χ4v) is 11.4. The van der Waals surface area contributed by atoms with Crippen molar-refractivity contribution in [1.82, 2.24) is 24.1 Å². The lowest BCUT2D eigenvalue weighted by atomic mass is 9.61. The van der Waals surface area contributed by atoms with Crippen molar-refractivity contribution in [3.05, 3.63) is 223 Å². The molecular weight excluding hydrogens is 851 g/mol. The molecule has 0 N–H and O–H groups in total. The molecule has 0 saturated heterocycles. The van der Waals surface area contributed by atoms with E-state index in [2.05, 4.69) is 249 Å². The van der Waals surface area contributed by atoms with Gasteiger partial charge in [0.1, 0.15) is 0 Å². The molecule has 3 aromatic heterocycles. The molecule has 9 aromatic carbocycles. The van der Waals surface area contributed by atoms with Crippen molar-refractivity contribution in [2.45, 2.75) is 51.4 Å². The predicted octanol–water partition coefficient (Wildman–Crippen LogP) is 16.7. The molecule has 0 bridgehead atoms. The van der Waals surface area contributed by atoms with E-state index in [0.717, 1.165) is 83.7 Å². The van der Waals surface area contributed by atoms with Gasteiger partial charge in [-0.25, -0.2) is 4.98 Å². The van der Waals surface area contributed by atoms with Gasteiger partial charge in [0.15, 0.2) is 11.6 Å². The van der Waals surface area contributed by atoms with E-state index < -0.39 is 0 Å². The van der Waals surface area contributed by atoms with Gasteiger partial charge in [0.2, 0.25) is 5.95 Å². The Labute approximate surface area is 408 Å². The third-order valence-corrected chi connectivity index (χ3v) is 15.1. The van der Waals surface area contributed by atoms with Crippen molar-refractivity contribution >= 4 is 43.6 Å². The van der Waals surface area contributed by atoms with Gasteiger partial charge in [-0.15, -0.1) is 0 Å². The van der Waals surface area contributed by atoms with Gasteiger partial charge in [-0.1, -0.05) is 216 Å². The summed E-state index contributed by atoms with van der Waals surface area (Å²) in [6.07, 6.45) is 2.35. The van der Waals surface area contributed by atoms with E-state index in [-0.39, 0.29) is 10.8 Å². The molecule has 0 aliphatic heterocycles. The molecule has 0 fully saturated rings. The Morgan fingerprint density at radius 2 is 0.829 bits per heavy atom. The maximum atomic E-state index is 5.52. The van der Waals surface area contributed by atoms with Crippen LogP contribution in [0, 0.1) is 0 Å². The number of rotatable bonds is 7. The zero-order valence-electron chi connectivity index (χ0n) is 39.9. The van der Waals surface area contributed by atoms with Gasteiger partial charge in [-0.2, -0.15) is 9.97 Å². The molecule has 0 spiro atoms. The van der Waals surface area contributed by atoms with Gasteiger partial charge in [0, 0.05) is 38.4 Å². The molecule has 0 amide bonds. The highest BCUT2D eigenvalue weighted by molar-refractivity contribution is 6.23. The van der Waals surface area contributed by atoms with Crippen LogP contribution in [0.5, 0.6) is 0 Å². The summed E-state index contributed by atoms with van der Waals surface area (Å²) in [5.41, 5.74) is 17.4. The monoisotopic (exact) mass is 901 g/mol. The Balaban J connectivity index is 1.07. The topological polar surface area (TPSA) is 48.5 Å². The highest BCUT2D eigenvalue weighted by Crippen LogP contribution is 2.50. The molecule has 5 heteroatoms. The Bertz CT molecular complexity index is 3970. The molecule has 12 aromatic rings.